The second-order valence-corrected chi connectivity index (χ2v) is 8.16. The van der Waals surface area contributed by atoms with Crippen molar-refractivity contribution in [2.24, 2.45) is 0 Å². The third-order valence-electron chi connectivity index (χ3n) is 5.45. The first kappa shape index (κ1) is 21.3. The van der Waals surface area contributed by atoms with Crippen LogP contribution in [-0.2, 0) is 11.2 Å². The van der Waals surface area contributed by atoms with Crippen LogP contribution < -0.4 is 4.74 Å². The minimum atomic E-state index is -2.80. The van der Waals surface area contributed by atoms with Gasteiger partial charge in [-0.15, -0.1) is 0 Å². The van der Waals surface area contributed by atoms with Crippen molar-refractivity contribution in [2.45, 2.75) is 31.8 Å². The average molecular weight is 448 g/mol. The minimum absolute atomic E-state index is 0.286. The zero-order valence-electron chi connectivity index (χ0n) is 16.7. The number of aliphatic carboxylic acids is 1. The Morgan fingerprint density at radius 1 is 1.23 bits per heavy atom. The normalized spacial score (nSPS) is 19.4. The van der Waals surface area contributed by atoms with Gasteiger partial charge in [0, 0.05) is 23.1 Å². The molecule has 1 atom stereocenters. The monoisotopic (exact) mass is 447 g/mol. The first-order chi connectivity index (χ1) is 14.7. The van der Waals surface area contributed by atoms with E-state index in [-0.39, 0.29) is 5.57 Å². The summed E-state index contributed by atoms with van der Waals surface area (Å²) in [5.41, 5.74) is 3.14. The molecule has 1 saturated heterocycles. The Bertz CT molecular complexity index is 1070. The molecule has 0 aromatic heterocycles. The van der Waals surface area contributed by atoms with Crippen LogP contribution in [0.2, 0.25) is 5.02 Å². The van der Waals surface area contributed by atoms with Gasteiger partial charge in [-0.1, -0.05) is 30.7 Å². The molecule has 5 nitrogen and oxygen atoms in total. The highest BCUT2D eigenvalue weighted by atomic mass is 35.5. The van der Waals surface area contributed by atoms with Crippen LogP contribution in [0.5, 0.6) is 5.75 Å². The van der Waals surface area contributed by atoms with Crippen molar-refractivity contribution >= 4 is 23.5 Å². The largest absolute Gasteiger partial charge is 0.484 e. The molecule has 1 N–H and O–H groups in total. The third-order valence-corrected chi connectivity index (χ3v) is 5.73. The number of rotatable bonds is 5. The molecule has 1 unspecified atom stereocenters. The number of hydrogen-bond acceptors (Lipinski definition) is 3. The highest BCUT2D eigenvalue weighted by Crippen LogP contribution is 2.40. The Kier molecular flexibility index (Phi) is 5.47. The van der Waals surface area contributed by atoms with Crippen LogP contribution in [0.15, 0.2) is 48.0 Å². The van der Waals surface area contributed by atoms with Crippen molar-refractivity contribution in [3.63, 3.8) is 0 Å². The predicted molar refractivity (Wildman–Crippen MR) is 112 cm³/mol. The number of carbonyl (C=O) groups is 2. The minimum Gasteiger partial charge on any atom is -0.484 e. The quantitative estimate of drug-likeness (QED) is 0.667. The fourth-order valence-electron chi connectivity index (χ4n) is 3.81. The summed E-state index contributed by atoms with van der Waals surface area (Å²) in [6, 6.07) is 10.4. The molecule has 1 fully saturated rings. The summed E-state index contributed by atoms with van der Waals surface area (Å²) in [6.07, 6.45) is 2.10. The van der Waals surface area contributed by atoms with Crippen molar-refractivity contribution in [1.29, 1.82) is 0 Å². The fourth-order valence-corrected chi connectivity index (χ4v) is 4.10. The van der Waals surface area contributed by atoms with Crippen LogP contribution in [0, 0.1) is 0 Å². The number of alkyl halides is 2. The second kappa shape index (κ2) is 7.96. The van der Waals surface area contributed by atoms with Gasteiger partial charge in [0.1, 0.15) is 11.9 Å². The Morgan fingerprint density at radius 2 is 1.90 bits per heavy atom. The predicted octanol–water partition coefficient (Wildman–Crippen LogP) is 4.82. The SMILES string of the molecule is CCC(=CC1Cc2cc(-c3ccc(C(=O)N4CC(F)(F)C4)cc3)cc(Cl)c2O1)C(=O)O. The molecule has 2 aromatic rings. The molecule has 8 heteroatoms. The summed E-state index contributed by atoms with van der Waals surface area (Å²) in [5, 5.41) is 9.64. The van der Waals surface area contributed by atoms with Crippen LogP contribution >= 0.6 is 11.6 Å². The van der Waals surface area contributed by atoms with E-state index >= 15 is 0 Å². The van der Waals surface area contributed by atoms with E-state index in [0.29, 0.717) is 29.2 Å². The van der Waals surface area contributed by atoms with Crippen LogP contribution in [0.25, 0.3) is 11.1 Å². The first-order valence-corrected chi connectivity index (χ1v) is 10.3. The van der Waals surface area contributed by atoms with E-state index in [1.54, 1.807) is 43.3 Å². The molecule has 0 radical (unpaired) electrons. The number of fused-ring (bicyclic) bond motifs is 1. The molecule has 1 amide bonds. The van der Waals surface area contributed by atoms with Gasteiger partial charge in [-0.3, -0.25) is 4.79 Å². The highest BCUT2D eigenvalue weighted by molar-refractivity contribution is 6.32. The van der Waals surface area contributed by atoms with Gasteiger partial charge in [-0.25, -0.2) is 13.6 Å². The number of carboxylic acids is 1. The molecular weight excluding hydrogens is 428 g/mol. The number of hydrogen-bond donors (Lipinski definition) is 1. The smallest absolute Gasteiger partial charge is 0.331 e. The first-order valence-electron chi connectivity index (χ1n) is 9.87. The van der Waals surface area contributed by atoms with Gasteiger partial charge in [0.2, 0.25) is 0 Å². The summed E-state index contributed by atoms with van der Waals surface area (Å²) in [4.78, 5) is 24.6. The zero-order valence-corrected chi connectivity index (χ0v) is 17.5. The van der Waals surface area contributed by atoms with Crippen molar-refractivity contribution in [3.05, 3.63) is 64.2 Å². The van der Waals surface area contributed by atoms with Crippen LogP contribution in [-0.4, -0.2) is 47.0 Å². The molecule has 0 spiro atoms. The van der Waals surface area contributed by atoms with Crippen molar-refractivity contribution in [2.75, 3.05) is 13.1 Å². The van der Waals surface area contributed by atoms with E-state index in [0.717, 1.165) is 21.6 Å². The van der Waals surface area contributed by atoms with Gasteiger partial charge >= 0.3 is 5.97 Å². The summed E-state index contributed by atoms with van der Waals surface area (Å²) < 4.78 is 31.8. The van der Waals surface area contributed by atoms with Gasteiger partial charge in [-0.05, 0) is 47.9 Å². The Balaban J connectivity index is 1.52. The maximum absolute atomic E-state index is 13.0. The number of benzene rings is 2. The van der Waals surface area contributed by atoms with E-state index in [1.165, 1.54) is 0 Å². The molecule has 31 heavy (non-hydrogen) atoms. The fraction of sp³-hybridized carbons (Fsp3) is 0.304. The van der Waals surface area contributed by atoms with Crippen LogP contribution in [0.3, 0.4) is 0 Å². The molecule has 2 aliphatic rings. The maximum Gasteiger partial charge on any atom is 0.331 e. The van der Waals surface area contributed by atoms with E-state index in [2.05, 4.69) is 0 Å². The van der Waals surface area contributed by atoms with Gasteiger partial charge in [0.25, 0.3) is 11.8 Å². The highest BCUT2D eigenvalue weighted by Gasteiger charge is 2.46. The second-order valence-electron chi connectivity index (χ2n) is 7.75. The molecule has 2 heterocycles. The molecule has 2 aromatic carbocycles. The number of halogens is 3. The number of carbonyl (C=O) groups excluding carboxylic acids is 1. The summed E-state index contributed by atoms with van der Waals surface area (Å²) in [6.45, 7) is 0.672. The zero-order chi connectivity index (χ0) is 22.3. The van der Waals surface area contributed by atoms with Gasteiger partial charge in [0.05, 0.1) is 18.1 Å². The molecule has 0 saturated carbocycles. The average Bonchev–Trinajstić information content (AvgIpc) is 3.13. The molecule has 0 bridgehead atoms. The van der Waals surface area contributed by atoms with Crippen LogP contribution in [0.4, 0.5) is 8.78 Å². The van der Waals surface area contributed by atoms with Crippen LogP contribution in [0.1, 0.15) is 29.3 Å². The Morgan fingerprint density at radius 3 is 2.48 bits per heavy atom. The van der Waals surface area contributed by atoms with Crippen molar-refractivity contribution in [1.82, 2.24) is 4.90 Å². The Labute approximate surface area is 182 Å². The lowest BCUT2D eigenvalue weighted by atomic mass is 9.99. The number of ether oxygens (including phenoxy) is 1. The van der Waals surface area contributed by atoms with E-state index < -0.39 is 37.0 Å². The number of nitrogens with zero attached hydrogens (tertiary/aromatic N) is 1. The molecular formula is C23H20ClF2NO4. The lowest BCUT2D eigenvalue weighted by Gasteiger charge is -2.38. The van der Waals surface area contributed by atoms with Gasteiger partial charge in [0.15, 0.2) is 0 Å². The van der Waals surface area contributed by atoms with E-state index in [9.17, 15) is 23.5 Å². The summed E-state index contributed by atoms with van der Waals surface area (Å²) in [7, 11) is 0. The molecule has 4 rings (SSSR count). The van der Waals surface area contributed by atoms with Crippen molar-refractivity contribution < 1.29 is 28.2 Å². The summed E-state index contributed by atoms with van der Waals surface area (Å²) in [5.74, 6) is -3.64. The number of carboxylic acid groups (broad SMARTS) is 1. The molecule has 162 valence electrons. The van der Waals surface area contributed by atoms with E-state index in [4.69, 9.17) is 16.3 Å². The van der Waals surface area contributed by atoms with E-state index in [1.807, 2.05) is 6.07 Å². The maximum atomic E-state index is 13.0. The lowest BCUT2D eigenvalue weighted by Crippen LogP contribution is -2.58. The van der Waals surface area contributed by atoms with Crippen molar-refractivity contribution in [3.8, 4) is 16.9 Å². The lowest BCUT2D eigenvalue weighted by molar-refractivity contribution is -0.132. The Hall–Kier alpha value is -2.93. The number of likely N-dealkylation sites (tertiary alicyclic amines) is 1. The topological polar surface area (TPSA) is 66.8 Å². The number of amides is 1. The van der Waals surface area contributed by atoms with Gasteiger partial charge in [-0.2, -0.15) is 0 Å². The standard InChI is InChI=1S/C23H20ClF2NO4/c1-2-13(22(29)30)8-18-9-17-7-16(10-19(24)20(17)31-18)14-3-5-15(6-4-14)21(28)27-11-23(25,26)12-27/h3-8,10,18H,2,9,11-12H2,1H3,(H,29,30). The summed E-state index contributed by atoms with van der Waals surface area (Å²) >= 11 is 6.41. The van der Waals surface area contributed by atoms with Gasteiger partial charge < -0.3 is 14.7 Å². The third kappa shape index (κ3) is 4.28. The molecule has 0 aliphatic carbocycles. The molecule has 2 aliphatic heterocycles.